The average molecular weight is 284 g/mol. The van der Waals surface area contributed by atoms with E-state index < -0.39 is 34.9 Å². The van der Waals surface area contributed by atoms with E-state index in [1.807, 2.05) is 5.32 Å². The van der Waals surface area contributed by atoms with Crippen molar-refractivity contribution in [2.24, 2.45) is 0 Å². The predicted octanol–water partition coefficient (Wildman–Crippen LogP) is 3.08. The number of rotatable bonds is 2. The minimum absolute atomic E-state index is 0.0907. The van der Waals surface area contributed by atoms with Gasteiger partial charge in [0.05, 0.1) is 5.69 Å². The molecule has 20 heavy (non-hydrogen) atoms. The first-order valence-electron chi connectivity index (χ1n) is 5.39. The smallest absolute Gasteiger partial charge is 0.255 e. The summed E-state index contributed by atoms with van der Waals surface area (Å²) in [5, 5.41) is 1.94. The van der Waals surface area contributed by atoms with E-state index in [9.17, 15) is 22.4 Å². The molecule has 1 amide bonds. The van der Waals surface area contributed by atoms with Gasteiger partial charge in [-0.15, -0.1) is 0 Å². The third kappa shape index (κ3) is 2.71. The van der Waals surface area contributed by atoms with E-state index >= 15 is 0 Å². The first-order valence-corrected chi connectivity index (χ1v) is 5.39. The van der Waals surface area contributed by atoms with E-state index in [-0.39, 0.29) is 11.3 Å². The van der Waals surface area contributed by atoms with Gasteiger partial charge in [0.1, 0.15) is 17.3 Å². The van der Waals surface area contributed by atoms with Crippen LogP contribution in [0.2, 0.25) is 0 Å². The van der Waals surface area contributed by atoms with Crippen molar-refractivity contribution < 1.29 is 22.4 Å². The van der Waals surface area contributed by atoms with Crippen molar-refractivity contribution in [2.75, 3.05) is 11.1 Å². The molecule has 0 radical (unpaired) electrons. The van der Waals surface area contributed by atoms with Crippen molar-refractivity contribution in [3.8, 4) is 0 Å². The van der Waals surface area contributed by atoms with Crippen molar-refractivity contribution in [2.45, 2.75) is 0 Å². The lowest BCUT2D eigenvalue weighted by Crippen LogP contribution is -2.15. The predicted molar refractivity (Wildman–Crippen MR) is 65.1 cm³/mol. The molecule has 3 N–H and O–H groups in total. The van der Waals surface area contributed by atoms with Gasteiger partial charge >= 0.3 is 0 Å². The number of carbonyl (C=O) groups excluding carboxylic acids is 1. The van der Waals surface area contributed by atoms with E-state index in [0.717, 1.165) is 18.2 Å². The number of anilines is 2. The molecule has 0 saturated carbocycles. The molecule has 0 aliphatic rings. The summed E-state index contributed by atoms with van der Waals surface area (Å²) in [4.78, 5) is 11.8. The van der Waals surface area contributed by atoms with Gasteiger partial charge in [-0.2, -0.15) is 0 Å². The number of amides is 1. The Morgan fingerprint density at radius 2 is 1.55 bits per heavy atom. The Bertz CT molecular complexity index is 665. The first-order chi connectivity index (χ1) is 9.38. The van der Waals surface area contributed by atoms with Crippen molar-refractivity contribution in [3.63, 3.8) is 0 Å². The van der Waals surface area contributed by atoms with Crippen molar-refractivity contribution in [1.82, 2.24) is 0 Å². The maximum Gasteiger partial charge on any atom is 0.255 e. The Balaban J connectivity index is 2.30. The van der Waals surface area contributed by atoms with Crippen molar-refractivity contribution >= 4 is 17.3 Å². The van der Waals surface area contributed by atoms with Gasteiger partial charge in [-0.1, -0.05) is 0 Å². The van der Waals surface area contributed by atoms with Gasteiger partial charge in [0.2, 0.25) is 0 Å². The van der Waals surface area contributed by atoms with Crippen LogP contribution in [-0.4, -0.2) is 5.91 Å². The van der Waals surface area contributed by atoms with Crippen LogP contribution in [0.15, 0.2) is 30.3 Å². The number of nitrogens with two attached hydrogens (primary N) is 1. The summed E-state index contributed by atoms with van der Waals surface area (Å²) in [6.07, 6.45) is 0. The molecular weight excluding hydrogens is 276 g/mol. The fourth-order valence-electron chi connectivity index (χ4n) is 1.53. The van der Waals surface area contributed by atoms with Crippen LogP contribution < -0.4 is 11.1 Å². The molecule has 0 unspecified atom stereocenters. The second kappa shape index (κ2) is 5.20. The van der Waals surface area contributed by atoms with Crippen LogP contribution in [0.5, 0.6) is 0 Å². The zero-order chi connectivity index (χ0) is 14.9. The highest BCUT2D eigenvalue weighted by Gasteiger charge is 2.16. The minimum Gasteiger partial charge on any atom is -0.396 e. The number of benzene rings is 2. The number of hydrogen-bond acceptors (Lipinski definition) is 2. The quantitative estimate of drug-likeness (QED) is 0.657. The van der Waals surface area contributed by atoms with Crippen LogP contribution in [0.1, 0.15) is 10.4 Å². The van der Waals surface area contributed by atoms with Crippen LogP contribution in [0.25, 0.3) is 0 Å². The Kier molecular flexibility index (Phi) is 3.60. The largest absolute Gasteiger partial charge is 0.396 e. The SMILES string of the molecule is Nc1cc(C(=O)Nc2c(F)cc(F)cc2F)ccc1F. The molecule has 7 heteroatoms. The lowest BCUT2D eigenvalue weighted by atomic mass is 10.1. The van der Waals surface area contributed by atoms with Crippen molar-refractivity contribution in [1.29, 1.82) is 0 Å². The number of carbonyl (C=O) groups is 1. The zero-order valence-electron chi connectivity index (χ0n) is 9.88. The standard InChI is InChI=1S/C13H8F4N2O/c14-7-4-9(16)12(10(17)5-7)19-13(20)6-1-2-8(15)11(18)3-6/h1-5H,18H2,(H,19,20). The highest BCUT2D eigenvalue weighted by Crippen LogP contribution is 2.21. The molecule has 0 fully saturated rings. The summed E-state index contributed by atoms with van der Waals surface area (Å²) >= 11 is 0. The minimum atomic E-state index is -1.26. The van der Waals surface area contributed by atoms with Crippen molar-refractivity contribution in [3.05, 3.63) is 59.2 Å². The first kappa shape index (κ1) is 13.9. The van der Waals surface area contributed by atoms with Gasteiger partial charge in [-0.25, -0.2) is 17.6 Å². The number of halogens is 4. The summed E-state index contributed by atoms with van der Waals surface area (Å²) < 4.78 is 52.4. The average Bonchev–Trinajstić information content (AvgIpc) is 2.36. The normalized spacial score (nSPS) is 10.4. The summed E-state index contributed by atoms with van der Waals surface area (Å²) in [6, 6.07) is 3.92. The maximum atomic E-state index is 13.4. The molecule has 0 spiro atoms. The van der Waals surface area contributed by atoms with Gasteiger partial charge < -0.3 is 11.1 Å². The van der Waals surface area contributed by atoms with E-state index in [4.69, 9.17) is 5.73 Å². The van der Waals surface area contributed by atoms with E-state index in [2.05, 4.69) is 0 Å². The van der Waals surface area contributed by atoms with Gasteiger partial charge in [-0.05, 0) is 18.2 Å². The molecule has 104 valence electrons. The fourth-order valence-corrected chi connectivity index (χ4v) is 1.53. The lowest BCUT2D eigenvalue weighted by molar-refractivity contribution is 0.102. The van der Waals surface area contributed by atoms with E-state index in [0.29, 0.717) is 12.1 Å². The van der Waals surface area contributed by atoms with Crippen LogP contribution >= 0.6 is 0 Å². The van der Waals surface area contributed by atoms with Crippen LogP contribution in [-0.2, 0) is 0 Å². The summed E-state index contributed by atoms with van der Waals surface area (Å²) in [7, 11) is 0. The summed E-state index contributed by atoms with van der Waals surface area (Å²) in [6.45, 7) is 0. The fraction of sp³-hybridized carbons (Fsp3) is 0. The lowest BCUT2D eigenvalue weighted by Gasteiger charge is -2.08. The van der Waals surface area contributed by atoms with Gasteiger partial charge in [0.25, 0.3) is 5.91 Å². The molecule has 0 aliphatic heterocycles. The molecular formula is C13H8F4N2O. The molecule has 0 atom stereocenters. The summed E-state index contributed by atoms with van der Waals surface area (Å²) in [5.41, 5.74) is 4.12. The third-order valence-corrected chi connectivity index (χ3v) is 2.50. The maximum absolute atomic E-state index is 13.4. The molecule has 2 rings (SSSR count). The van der Waals surface area contributed by atoms with Crippen LogP contribution in [0, 0.1) is 23.3 Å². The Labute approximate surface area is 111 Å². The molecule has 0 saturated heterocycles. The number of nitrogen functional groups attached to an aromatic ring is 1. The van der Waals surface area contributed by atoms with Crippen LogP contribution in [0.4, 0.5) is 28.9 Å². The van der Waals surface area contributed by atoms with Crippen LogP contribution in [0.3, 0.4) is 0 Å². The molecule has 3 nitrogen and oxygen atoms in total. The Morgan fingerprint density at radius 1 is 0.950 bits per heavy atom. The Hall–Kier alpha value is -2.57. The second-order valence-electron chi connectivity index (χ2n) is 3.93. The molecule has 2 aromatic carbocycles. The Morgan fingerprint density at radius 3 is 2.10 bits per heavy atom. The topological polar surface area (TPSA) is 55.1 Å². The summed E-state index contributed by atoms with van der Waals surface area (Å²) in [5.74, 6) is -5.25. The molecule has 0 heterocycles. The number of nitrogens with one attached hydrogen (secondary N) is 1. The van der Waals surface area contributed by atoms with Gasteiger partial charge in [0, 0.05) is 17.7 Å². The third-order valence-electron chi connectivity index (χ3n) is 2.50. The molecule has 2 aromatic rings. The van der Waals surface area contributed by atoms with Gasteiger partial charge in [-0.3, -0.25) is 4.79 Å². The van der Waals surface area contributed by atoms with E-state index in [1.54, 1.807) is 0 Å². The molecule has 0 aromatic heterocycles. The monoisotopic (exact) mass is 284 g/mol. The number of hydrogen-bond donors (Lipinski definition) is 2. The highest BCUT2D eigenvalue weighted by molar-refractivity contribution is 6.04. The zero-order valence-corrected chi connectivity index (χ0v) is 9.88. The van der Waals surface area contributed by atoms with Gasteiger partial charge in [0.15, 0.2) is 11.6 Å². The molecule has 0 aliphatic carbocycles. The highest BCUT2D eigenvalue weighted by atomic mass is 19.1. The molecule has 0 bridgehead atoms. The second-order valence-corrected chi connectivity index (χ2v) is 3.93. The van der Waals surface area contributed by atoms with E-state index in [1.165, 1.54) is 0 Å².